The first-order valence-corrected chi connectivity index (χ1v) is 11.1. The van der Waals surface area contributed by atoms with Crippen LogP contribution in [0.2, 0.25) is 0 Å². The van der Waals surface area contributed by atoms with Gasteiger partial charge in [0.2, 0.25) is 0 Å². The van der Waals surface area contributed by atoms with E-state index in [9.17, 15) is 4.79 Å². The summed E-state index contributed by atoms with van der Waals surface area (Å²) in [5, 5.41) is 0. The highest BCUT2D eigenvalue weighted by molar-refractivity contribution is 5.87. The first-order valence-electron chi connectivity index (χ1n) is 11.1. The number of hydrogen-bond donors (Lipinski definition) is 0. The summed E-state index contributed by atoms with van der Waals surface area (Å²) in [4.78, 5) is 12.3. The highest BCUT2D eigenvalue weighted by atomic mass is 16.6. The van der Waals surface area contributed by atoms with Crippen LogP contribution in [0.5, 0.6) is 0 Å². The molecule has 1 heterocycles. The zero-order valence-corrected chi connectivity index (χ0v) is 17.3. The van der Waals surface area contributed by atoms with E-state index < -0.39 is 0 Å². The maximum atomic E-state index is 12.3. The lowest BCUT2D eigenvalue weighted by Gasteiger charge is -2.61. The minimum Gasteiger partial charge on any atom is -0.456 e. The second-order valence-corrected chi connectivity index (χ2v) is 9.89. The Balaban J connectivity index is 1.50. The third-order valence-electron chi connectivity index (χ3n) is 7.45. The minimum atomic E-state index is -0.322. The van der Waals surface area contributed by atoms with E-state index >= 15 is 0 Å². The Bertz CT molecular complexity index is 583. The summed E-state index contributed by atoms with van der Waals surface area (Å²) in [6.45, 7) is 10.8. The molecule has 4 heteroatoms. The van der Waals surface area contributed by atoms with E-state index in [1.54, 1.807) is 6.92 Å². The number of hydrogen-bond acceptors (Lipinski definition) is 4. The lowest BCUT2D eigenvalue weighted by Crippen LogP contribution is -2.63. The average molecular weight is 377 g/mol. The number of rotatable bonds is 8. The molecular weight excluding hydrogens is 340 g/mol. The Hall–Kier alpha value is -0.870. The average Bonchev–Trinajstić information content (AvgIpc) is 2.56. The fraction of sp³-hybridized carbons (Fsp3) is 0.870. The highest BCUT2D eigenvalue weighted by Crippen LogP contribution is 2.61. The maximum Gasteiger partial charge on any atom is 0.333 e. The Morgan fingerprint density at radius 1 is 1.19 bits per heavy atom. The molecule has 0 radical (unpaired) electrons. The van der Waals surface area contributed by atoms with Crippen molar-refractivity contribution in [3.05, 3.63) is 12.2 Å². The molecule has 0 aromatic heterocycles. The lowest BCUT2D eigenvalue weighted by molar-refractivity contribution is -0.268. The molecule has 0 amide bonds. The van der Waals surface area contributed by atoms with Crippen molar-refractivity contribution in [2.75, 3.05) is 6.61 Å². The van der Waals surface area contributed by atoms with Crippen LogP contribution in [0.25, 0.3) is 0 Å². The van der Waals surface area contributed by atoms with Crippen molar-refractivity contribution in [1.82, 2.24) is 0 Å². The van der Waals surface area contributed by atoms with Gasteiger partial charge in [-0.15, -0.1) is 0 Å². The highest BCUT2D eigenvalue weighted by Gasteiger charge is 2.61. The summed E-state index contributed by atoms with van der Waals surface area (Å²) < 4.78 is 18.9. The van der Waals surface area contributed by atoms with E-state index in [-0.39, 0.29) is 23.3 Å². The predicted molar refractivity (Wildman–Crippen MR) is 104 cm³/mol. The molecule has 5 atom stereocenters. The molecule has 4 bridgehead atoms. The van der Waals surface area contributed by atoms with Gasteiger partial charge in [-0.05, 0) is 63.7 Å². The zero-order chi connectivity index (χ0) is 19.2. The second-order valence-electron chi connectivity index (χ2n) is 9.89. The standard InChI is InChI=1S/C23H36O4/c1-5-7-20-18(13-25-20)19(6-2)26-22-9-16-8-17(10-22)12-23(11-16,14-22)27-21(24)15(3)4/h16-20H,3,5-14H2,1-2,4H3. The monoisotopic (exact) mass is 376 g/mol. The molecule has 4 nitrogen and oxygen atoms in total. The summed E-state index contributed by atoms with van der Waals surface area (Å²) >= 11 is 0. The van der Waals surface area contributed by atoms with Crippen LogP contribution in [0.1, 0.15) is 78.6 Å². The smallest absolute Gasteiger partial charge is 0.333 e. The third-order valence-corrected chi connectivity index (χ3v) is 7.45. The fourth-order valence-corrected chi connectivity index (χ4v) is 6.70. The molecule has 0 aromatic rings. The van der Waals surface area contributed by atoms with Crippen LogP contribution in [0.15, 0.2) is 12.2 Å². The molecular formula is C23H36O4. The molecule has 5 aliphatic rings. The van der Waals surface area contributed by atoms with Gasteiger partial charge < -0.3 is 14.2 Å². The molecule has 1 aliphatic heterocycles. The molecule has 5 rings (SSSR count). The van der Waals surface area contributed by atoms with Crippen molar-refractivity contribution in [2.24, 2.45) is 17.8 Å². The normalized spacial score (nSPS) is 43.2. The molecule has 4 aliphatic carbocycles. The Labute approximate surface area is 164 Å². The minimum absolute atomic E-state index is 0.105. The van der Waals surface area contributed by atoms with Gasteiger partial charge in [0.25, 0.3) is 0 Å². The van der Waals surface area contributed by atoms with Crippen LogP contribution in [0.3, 0.4) is 0 Å². The van der Waals surface area contributed by atoms with Crippen molar-refractivity contribution in [3.63, 3.8) is 0 Å². The summed E-state index contributed by atoms with van der Waals surface area (Å²) in [6.07, 6.45) is 10.4. The van der Waals surface area contributed by atoms with Crippen molar-refractivity contribution < 1.29 is 19.0 Å². The number of esters is 1. The molecule has 4 saturated carbocycles. The number of ether oxygens (including phenoxy) is 3. The molecule has 27 heavy (non-hydrogen) atoms. The molecule has 0 aromatic carbocycles. The van der Waals surface area contributed by atoms with Crippen molar-refractivity contribution in [1.29, 1.82) is 0 Å². The summed E-state index contributed by atoms with van der Waals surface area (Å²) in [5.74, 6) is 1.56. The van der Waals surface area contributed by atoms with Crippen molar-refractivity contribution in [3.8, 4) is 0 Å². The SMILES string of the molecule is C=C(C)C(=O)OC12CC3CC(C1)CC(OC(CC)C1COC1CCC)(C3)C2. The predicted octanol–water partition coefficient (Wildman–Crippen LogP) is 4.81. The second kappa shape index (κ2) is 7.18. The van der Waals surface area contributed by atoms with E-state index in [1.165, 1.54) is 6.42 Å². The van der Waals surface area contributed by atoms with E-state index in [2.05, 4.69) is 20.4 Å². The van der Waals surface area contributed by atoms with Crippen LogP contribution in [0, 0.1) is 17.8 Å². The van der Waals surface area contributed by atoms with E-state index in [0.717, 1.165) is 58.0 Å². The van der Waals surface area contributed by atoms with Crippen molar-refractivity contribution >= 4 is 5.97 Å². The van der Waals surface area contributed by atoms with Gasteiger partial charge in [-0.2, -0.15) is 0 Å². The maximum absolute atomic E-state index is 12.3. The molecule has 0 N–H and O–H groups in total. The molecule has 1 saturated heterocycles. The fourth-order valence-electron chi connectivity index (χ4n) is 6.70. The van der Waals surface area contributed by atoms with E-state index in [0.29, 0.717) is 29.4 Å². The van der Waals surface area contributed by atoms with Crippen LogP contribution in [-0.4, -0.2) is 36.0 Å². The Morgan fingerprint density at radius 3 is 2.37 bits per heavy atom. The summed E-state index contributed by atoms with van der Waals surface area (Å²) in [7, 11) is 0. The number of carbonyl (C=O) groups is 1. The van der Waals surface area contributed by atoms with Crippen LogP contribution >= 0.6 is 0 Å². The summed E-state index contributed by atoms with van der Waals surface area (Å²) in [5.41, 5.74) is 0.0743. The summed E-state index contributed by atoms with van der Waals surface area (Å²) in [6, 6.07) is 0. The van der Waals surface area contributed by atoms with Gasteiger partial charge in [0, 0.05) is 17.9 Å². The molecule has 5 fully saturated rings. The molecule has 0 spiro atoms. The topological polar surface area (TPSA) is 44.8 Å². The van der Waals surface area contributed by atoms with Gasteiger partial charge >= 0.3 is 5.97 Å². The first kappa shape index (κ1) is 19.4. The molecule has 152 valence electrons. The Kier molecular flexibility index (Phi) is 5.17. The lowest BCUT2D eigenvalue weighted by atomic mass is 9.52. The van der Waals surface area contributed by atoms with Gasteiger partial charge in [-0.25, -0.2) is 4.79 Å². The Morgan fingerprint density at radius 2 is 1.85 bits per heavy atom. The van der Waals surface area contributed by atoms with Gasteiger partial charge in [0.05, 0.1) is 24.4 Å². The van der Waals surface area contributed by atoms with Crippen LogP contribution < -0.4 is 0 Å². The van der Waals surface area contributed by atoms with Crippen LogP contribution in [-0.2, 0) is 19.0 Å². The number of carbonyl (C=O) groups excluding carboxylic acids is 1. The first-order chi connectivity index (χ1) is 12.9. The van der Waals surface area contributed by atoms with Gasteiger partial charge in [-0.1, -0.05) is 26.8 Å². The van der Waals surface area contributed by atoms with Gasteiger partial charge in [-0.3, -0.25) is 0 Å². The van der Waals surface area contributed by atoms with E-state index in [4.69, 9.17) is 14.2 Å². The quantitative estimate of drug-likeness (QED) is 0.450. The van der Waals surface area contributed by atoms with Crippen LogP contribution in [0.4, 0.5) is 0 Å². The largest absolute Gasteiger partial charge is 0.456 e. The third kappa shape index (κ3) is 3.60. The van der Waals surface area contributed by atoms with Gasteiger partial charge in [0.1, 0.15) is 5.60 Å². The van der Waals surface area contributed by atoms with Gasteiger partial charge in [0.15, 0.2) is 0 Å². The van der Waals surface area contributed by atoms with Crippen molar-refractivity contribution in [2.45, 2.75) is 102 Å². The zero-order valence-electron chi connectivity index (χ0n) is 17.3. The van der Waals surface area contributed by atoms with E-state index in [1.807, 2.05) is 0 Å². The molecule has 5 unspecified atom stereocenters.